The highest BCUT2D eigenvalue weighted by Crippen LogP contribution is 2.39. The number of carbonyl (C=O) groups excluding carboxylic acids is 1. The first kappa shape index (κ1) is 26.5. The zero-order valence-electron chi connectivity index (χ0n) is 20.3. The minimum atomic E-state index is -1.00. The second kappa shape index (κ2) is 12.1. The van der Waals surface area contributed by atoms with Gasteiger partial charge in [0.2, 0.25) is 0 Å². The molecule has 0 spiro atoms. The number of thioether (sulfide) groups is 1. The number of aliphatic imine (C=N–C) groups is 1. The predicted molar refractivity (Wildman–Crippen MR) is 150 cm³/mol. The van der Waals surface area contributed by atoms with Crippen LogP contribution in [0.25, 0.3) is 6.08 Å². The Labute approximate surface area is 227 Å². The average molecular weight is 581 g/mol. The van der Waals surface area contributed by atoms with Crippen LogP contribution in [0.15, 0.2) is 81.1 Å². The fraction of sp³-hybridized carbons (Fsp3) is 0.179. The number of nitrogens with zero attached hydrogens (tertiary/aromatic N) is 2. The van der Waals surface area contributed by atoms with Crippen LogP contribution < -0.4 is 9.47 Å². The topological polar surface area (TPSA) is 88.4 Å². The van der Waals surface area contributed by atoms with E-state index in [1.807, 2.05) is 56.3 Å². The largest absolute Gasteiger partial charge is 0.490 e. The summed E-state index contributed by atoms with van der Waals surface area (Å²) in [6.45, 7) is 5.11. The Morgan fingerprint density at radius 2 is 1.76 bits per heavy atom. The lowest BCUT2D eigenvalue weighted by molar-refractivity contribution is -0.122. The van der Waals surface area contributed by atoms with Gasteiger partial charge in [-0.15, -0.1) is 0 Å². The number of amides is 1. The first-order chi connectivity index (χ1) is 17.9. The average Bonchev–Trinajstić information content (AvgIpc) is 3.19. The molecule has 0 bridgehead atoms. The fourth-order valence-corrected chi connectivity index (χ4v) is 5.07. The highest BCUT2D eigenvalue weighted by molar-refractivity contribution is 9.10. The quantitative estimate of drug-likeness (QED) is 0.282. The molecule has 1 aliphatic heterocycles. The highest BCUT2D eigenvalue weighted by atomic mass is 79.9. The number of amidine groups is 1. The fourth-order valence-electron chi connectivity index (χ4n) is 3.58. The molecule has 0 saturated carbocycles. The van der Waals surface area contributed by atoms with Crippen LogP contribution in [0, 0.1) is 0 Å². The van der Waals surface area contributed by atoms with Crippen LogP contribution in [-0.2, 0) is 11.4 Å². The van der Waals surface area contributed by atoms with Gasteiger partial charge in [-0.2, -0.15) is 0 Å². The number of carbonyl (C=O) groups is 2. The van der Waals surface area contributed by atoms with Gasteiger partial charge in [0.25, 0.3) is 5.91 Å². The van der Waals surface area contributed by atoms with Crippen LogP contribution in [0.1, 0.15) is 35.3 Å². The highest BCUT2D eigenvalue weighted by Gasteiger charge is 2.32. The van der Waals surface area contributed by atoms with Crippen LogP contribution in [0.4, 0.5) is 5.69 Å². The van der Waals surface area contributed by atoms with Gasteiger partial charge >= 0.3 is 5.97 Å². The first-order valence-electron chi connectivity index (χ1n) is 11.7. The molecule has 9 heteroatoms. The summed E-state index contributed by atoms with van der Waals surface area (Å²) in [7, 11) is 0. The molecule has 1 aliphatic rings. The van der Waals surface area contributed by atoms with E-state index in [2.05, 4.69) is 20.9 Å². The standard InChI is InChI=1S/C28H25BrN2O5S/c1-3-31-26(32)25(37-28(31)30-21-12-10-19(11-13-21)27(33)34)15-20-14-23(35-4-2)24(16-22(20)29)36-17-18-8-6-5-7-9-18/h5-16H,3-4,17H2,1-2H3,(H,33,34). The van der Waals surface area contributed by atoms with Gasteiger partial charge in [0.05, 0.1) is 22.8 Å². The Morgan fingerprint density at radius 1 is 1.05 bits per heavy atom. The molecule has 0 unspecified atom stereocenters. The number of carboxylic acid groups (broad SMARTS) is 1. The SMILES string of the molecule is CCOc1cc(C=C2SC(=Nc3ccc(C(=O)O)cc3)N(CC)C2=O)c(Br)cc1OCc1ccccc1. The van der Waals surface area contributed by atoms with Crippen LogP contribution in [0.5, 0.6) is 11.5 Å². The van der Waals surface area contributed by atoms with Crippen molar-refractivity contribution in [3.63, 3.8) is 0 Å². The van der Waals surface area contributed by atoms with Gasteiger partial charge in [0.15, 0.2) is 16.7 Å². The molecule has 3 aromatic rings. The van der Waals surface area contributed by atoms with Gasteiger partial charge in [-0.1, -0.05) is 46.3 Å². The zero-order valence-corrected chi connectivity index (χ0v) is 22.7. The van der Waals surface area contributed by atoms with Crippen molar-refractivity contribution in [3.05, 3.63) is 92.8 Å². The molecule has 3 aromatic carbocycles. The van der Waals surface area contributed by atoms with E-state index in [1.165, 1.54) is 23.9 Å². The second-order valence-electron chi connectivity index (χ2n) is 7.93. The van der Waals surface area contributed by atoms with E-state index in [1.54, 1.807) is 23.1 Å². The lowest BCUT2D eigenvalue weighted by atomic mass is 10.1. The Kier molecular flexibility index (Phi) is 8.68. The van der Waals surface area contributed by atoms with E-state index < -0.39 is 5.97 Å². The number of likely N-dealkylation sites (N-methyl/N-ethyl adjacent to an activating group) is 1. The number of hydrogen-bond donors (Lipinski definition) is 1. The maximum Gasteiger partial charge on any atom is 0.335 e. The van der Waals surface area contributed by atoms with Gasteiger partial charge in [-0.05, 0) is 79.2 Å². The molecule has 37 heavy (non-hydrogen) atoms. The third-order valence-corrected chi connectivity index (χ3v) is 7.12. The summed E-state index contributed by atoms with van der Waals surface area (Å²) in [4.78, 5) is 30.9. The number of benzene rings is 3. The maximum absolute atomic E-state index is 13.1. The number of hydrogen-bond acceptors (Lipinski definition) is 6. The minimum absolute atomic E-state index is 0.150. The number of carboxylic acids is 1. The van der Waals surface area contributed by atoms with Crippen molar-refractivity contribution in [2.75, 3.05) is 13.2 Å². The minimum Gasteiger partial charge on any atom is -0.490 e. The molecule has 4 rings (SSSR count). The number of aromatic carboxylic acids is 1. The van der Waals surface area contributed by atoms with Gasteiger partial charge < -0.3 is 14.6 Å². The van der Waals surface area contributed by atoms with Crippen molar-refractivity contribution in [2.24, 2.45) is 4.99 Å². The monoisotopic (exact) mass is 580 g/mol. The summed E-state index contributed by atoms with van der Waals surface area (Å²) in [5.74, 6) is 0.0391. The van der Waals surface area contributed by atoms with Crippen molar-refractivity contribution in [1.82, 2.24) is 4.90 Å². The molecule has 0 radical (unpaired) electrons. The lowest BCUT2D eigenvalue weighted by Gasteiger charge is -2.14. The van der Waals surface area contributed by atoms with Crippen molar-refractivity contribution in [2.45, 2.75) is 20.5 Å². The molecule has 1 amide bonds. The van der Waals surface area contributed by atoms with E-state index in [4.69, 9.17) is 14.6 Å². The molecule has 190 valence electrons. The Bertz CT molecular complexity index is 1360. The second-order valence-corrected chi connectivity index (χ2v) is 9.80. The third-order valence-electron chi connectivity index (χ3n) is 5.43. The zero-order chi connectivity index (χ0) is 26.4. The number of rotatable bonds is 9. The molecule has 0 aliphatic carbocycles. The Hall–Kier alpha value is -3.56. The Balaban J connectivity index is 1.60. The van der Waals surface area contributed by atoms with E-state index in [-0.39, 0.29) is 11.5 Å². The summed E-state index contributed by atoms with van der Waals surface area (Å²) in [6, 6.07) is 19.8. The molecule has 1 fully saturated rings. The molecule has 1 heterocycles. The summed E-state index contributed by atoms with van der Waals surface area (Å²) in [5.41, 5.74) is 2.57. The first-order valence-corrected chi connectivity index (χ1v) is 13.3. The number of halogens is 1. The van der Waals surface area contributed by atoms with E-state index in [9.17, 15) is 9.59 Å². The predicted octanol–water partition coefficient (Wildman–Crippen LogP) is 6.75. The van der Waals surface area contributed by atoms with Crippen molar-refractivity contribution >= 4 is 56.5 Å². The third kappa shape index (κ3) is 6.42. The smallest absolute Gasteiger partial charge is 0.335 e. The van der Waals surface area contributed by atoms with Crippen LogP contribution in [0.3, 0.4) is 0 Å². The normalized spacial score (nSPS) is 15.4. The summed E-state index contributed by atoms with van der Waals surface area (Å²) >= 11 is 4.88. The van der Waals surface area contributed by atoms with Crippen molar-refractivity contribution in [3.8, 4) is 11.5 Å². The summed E-state index contributed by atoms with van der Waals surface area (Å²) in [6.07, 6.45) is 1.80. The molecule has 0 aromatic heterocycles. The van der Waals surface area contributed by atoms with Gasteiger partial charge in [0.1, 0.15) is 6.61 Å². The maximum atomic E-state index is 13.1. The summed E-state index contributed by atoms with van der Waals surface area (Å²) < 4.78 is 12.6. The molecule has 0 atom stereocenters. The van der Waals surface area contributed by atoms with Crippen LogP contribution in [0.2, 0.25) is 0 Å². The summed E-state index contributed by atoms with van der Waals surface area (Å²) in [5, 5.41) is 9.64. The number of ether oxygens (including phenoxy) is 2. The molecular weight excluding hydrogens is 556 g/mol. The molecule has 1 N–H and O–H groups in total. The van der Waals surface area contributed by atoms with Crippen LogP contribution in [-0.4, -0.2) is 40.2 Å². The van der Waals surface area contributed by atoms with E-state index in [0.29, 0.717) is 47.0 Å². The Morgan fingerprint density at radius 3 is 2.41 bits per heavy atom. The van der Waals surface area contributed by atoms with Gasteiger partial charge in [0, 0.05) is 11.0 Å². The van der Waals surface area contributed by atoms with Gasteiger partial charge in [-0.25, -0.2) is 9.79 Å². The molecular formula is C28H25BrN2O5S. The molecule has 7 nitrogen and oxygen atoms in total. The van der Waals surface area contributed by atoms with Crippen molar-refractivity contribution in [1.29, 1.82) is 0 Å². The molecule has 1 saturated heterocycles. The van der Waals surface area contributed by atoms with Crippen molar-refractivity contribution < 1.29 is 24.2 Å². The van der Waals surface area contributed by atoms with Gasteiger partial charge in [-0.3, -0.25) is 9.69 Å². The lowest BCUT2D eigenvalue weighted by Crippen LogP contribution is -2.28. The van der Waals surface area contributed by atoms with Crippen LogP contribution >= 0.6 is 27.7 Å². The van der Waals surface area contributed by atoms with E-state index in [0.717, 1.165) is 15.6 Å². The van der Waals surface area contributed by atoms with E-state index >= 15 is 0 Å².